The number of carbonyl (C=O) groups is 1. The van der Waals surface area contributed by atoms with E-state index in [1.54, 1.807) is 0 Å². The molecule has 2 heterocycles. The van der Waals surface area contributed by atoms with Crippen molar-refractivity contribution in [3.8, 4) is 5.75 Å². The molecular weight excluding hydrogens is 296 g/mol. The van der Waals surface area contributed by atoms with Crippen molar-refractivity contribution < 1.29 is 9.53 Å². The van der Waals surface area contributed by atoms with Crippen molar-refractivity contribution >= 4 is 34.5 Å². The first kappa shape index (κ1) is 13.3. The lowest BCUT2D eigenvalue weighted by Crippen LogP contribution is -2.44. The summed E-state index contributed by atoms with van der Waals surface area (Å²) in [6.07, 6.45) is -0.514. The van der Waals surface area contributed by atoms with E-state index in [9.17, 15) is 4.79 Å². The van der Waals surface area contributed by atoms with Gasteiger partial charge < -0.3 is 15.4 Å². The van der Waals surface area contributed by atoms with E-state index in [1.807, 2.05) is 36.4 Å². The Morgan fingerprint density at radius 2 is 2.25 bits per heavy atom. The molecule has 1 unspecified atom stereocenters. The minimum Gasteiger partial charge on any atom is -0.477 e. The van der Waals surface area contributed by atoms with Crippen LogP contribution in [0.3, 0.4) is 0 Å². The van der Waals surface area contributed by atoms with Crippen LogP contribution in [0.5, 0.6) is 5.75 Å². The first-order valence-corrected chi connectivity index (χ1v) is 7.43. The van der Waals surface area contributed by atoms with Gasteiger partial charge in [0.2, 0.25) is 0 Å². The monoisotopic (exact) mass is 308 g/mol. The summed E-state index contributed by atoms with van der Waals surface area (Å²) in [5.41, 5.74) is 0.918. The lowest BCUT2D eigenvalue weighted by Gasteiger charge is -2.26. The number of rotatable bonds is 3. The van der Waals surface area contributed by atoms with Crippen LogP contribution in [0.25, 0.3) is 0 Å². The molecule has 0 radical (unpaired) electrons. The van der Waals surface area contributed by atoms with E-state index in [0.717, 1.165) is 14.9 Å². The third-order valence-electron chi connectivity index (χ3n) is 2.99. The summed E-state index contributed by atoms with van der Waals surface area (Å²) in [6, 6.07) is 11.3. The Bertz CT molecular complexity index is 629. The van der Waals surface area contributed by atoms with Crippen molar-refractivity contribution in [2.75, 3.05) is 11.9 Å². The number of thiophene rings is 1. The second-order valence-electron chi connectivity index (χ2n) is 4.41. The molecule has 0 fully saturated rings. The van der Waals surface area contributed by atoms with Gasteiger partial charge in [-0.15, -0.1) is 11.3 Å². The molecule has 2 aromatic rings. The summed E-state index contributed by atoms with van der Waals surface area (Å²) in [6.45, 7) is 0.936. The first-order chi connectivity index (χ1) is 9.72. The van der Waals surface area contributed by atoms with Crippen molar-refractivity contribution in [2.45, 2.75) is 12.6 Å². The van der Waals surface area contributed by atoms with Crippen LogP contribution in [-0.4, -0.2) is 18.6 Å². The molecule has 0 saturated carbocycles. The third-order valence-corrected chi connectivity index (χ3v) is 4.22. The first-order valence-electron chi connectivity index (χ1n) is 6.24. The van der Waals surface area contributed by atoms with Crippen LogP contribution in [0, 0.1) is 0 Å². The number of halogens is 1. The zero-order chi connectivity index (χ0) is 13.9. The lowest BCUT2D eigenvalue weighted by atomic mass is 10.2. The Balaban J connectivity index is 1.59. The predicted octanol–water partition coefficient (Wildman–Crippen LogP) is 2.89. The topological polar surface area (TPSA) is 50.4 Å². The van der Waals surface area contributed by atoms with Gasteiger partial charge in [-0.2, -0.15) is 0 Å². The Labute approximate surface area is 125 Å². The average molecular weight is 309 g/mol. The molecule has 104 valence electrons. The normalized spacial score (nSPS) is 16.8. The van der Waals surface area contributed by atoms with Crippen LogP contribution in [0.15, 0.2) is 36.4 Å². The molecule has 1 aliphatic rings. The minimum atomic E-state index is -0.514. The largest absolute Gasteiger partial charge is 0.477 e. The molecule has 2 N–H and O–H groups in total. The maximum atomic E-state index is 12.1. The van der Waals surface area contributed by atoms with Gasteiger partial charge in [0.25, 0.3) is 5.91 Å². The molecule has 0 bridgehead atoms. The minimum absolute atomic E-state index is 0.128. The highest BCUT2D eigenvalue weighted by molar-refractivity contribution is 7.16. The predicted molar refractivity (Wildman–Crippen MR) is 80.5 cm³/mol. The number of para-hydroxylation sites is 2. The van der Waals surface area contributed by atoms with Gasteiger partial charge in [-0.1, -0.05) is 23.7 Å². The maximum absolute atomic E-state index is 12.1. The second-order valence-corrected chi connectivity index (χ2v) is 6.21. The fourth-order valence-electron chi connectivity index (χ4n) is 1.99. The summed E-state index contributed by atoms with van der Waals surface area (Å²) in [5.74, 6) is 0.578. The molecule has 4 nitrogen and oxygen atoms in total. The summed E-state index contributed by atoms with van der Waals surface area (Å²) in [5, 5.41) is 6.05. The Morgan fingerprint density at radius 3 is 3.05 bits per heavy atom. The van der Waals surface area contributed by atoms with Gasteiger partial charge in [0, 0.05) is 4.88 Å². The third kappa shape index (κ3) is 2.89. The number of fused-ring (bicyclic) bond motifs is 1. The highest BCUT2D eigenvalue weighted by atomic mass is 35.5. The van der Waals surface area contributed by atoms with Crippen molar-refractivity contribution in [1.82, 2.24) is 5.32 Å². The molecule has 3 rings (SSSR count). The van der Waals surface area contributed by atoms with Crippen molar-refractivity contribution in [3.63, 3.8) is 0 Å². The number of amides is 1. The van der Waals surface area contributed by atoms with Gasteiger partial charge in [-0.25, -0.2) is 0 Å². The molecule has 1 atom stereocenters. The fourth-order valence-corrected chi connectivity index (χ4v) is 3.02. The number of benzene rings is 1. The Morgan fingerprint density at radius 1 is 1.40 bits per heavy atom. The number of carbonyl (C=O) groups excluding carboxylic acids is 1. The number of anilines is 1. The maximum Gasteiger partial charge on any atom is 0.263 e. The number of hydrogen-bond donors (Lipinski definition) is 2. The molecule has 20 heavy (non-hydrogen) atoms. The molecule has 1 aromatic carbocycles. The zero-order valence-electron chi connectivity index (χ0n) is 10.6. The zero-order valence-corrected chi connectivity index (χ0v) is 12.1. The standard InChI is InChI=1S/C14H13ClN2O2S/c15-13-6-5-9(20-13)7-17-14(18)12-8-16-10-3-1-2-4-11(10)19-12/h1-6,12,16H,7-8H2,(H,17,18). The van der Waals surface area contributed by atoms with Crippen LogP contribution in [0.1, 0.15) is 4.88 Å². The van der Waals surface area contributed by atoms with E-state index in [2.05, 4.69) is 10.6 Å². The fraction of sp³-hybridized carbons (Fsp3) is 0.214. The van der Waals surface area contributed by atoms with E-state index in [0.29, 0.717) is 18.8 Å². The number of hydrogen-bond acceptors (Lipinski definition) is 4. The lowest BCUT2D eigenvalue weighted by molar-refractivity contribution is -0.127. The van der Waals surface area contributed by atoms with E-state index in [-0.39, 0.29) is 5.91 Å². The molecular formula is C14H13ClN2O2S. The average Bonchev–Trinajstić information content (AvgIpc) is 2.90. The number of ether oxygens (including phenoxy) is 1. The van der Waals surface area contributed by atoms with Gasteiger partial charge >= 0.3 is 0 Å². The highest BCUT2D eigenvalue weighted by Crippen LogP contribution is 2.28. The highest BCUT2D eigenvalue weighted by Gasteiger charge is 2.25. The van der Waals surface area contributed by atoms with Crippen molar-refractivity contribution in [1.29, 1.82) is 0 Å². The van der Waals surface area contributed by atoms with Crippen LogP contribution in [0.4, 0.5) is 5.69 Å². The van der Waals surface area contributed by atoms with Gasteiger partial charge in [0.1, 0.15) is 5.75 Å². The van der Waals surface area contributed by atoms with Crippen LogP contribution in [0.2, 0.25) is 4.34 Å². The molecule has 1 amide bonds. The Hall–Kier alpha value is -1.72. The Kier molecular flexibility index (Phi) is 3.80. The summed E-state index contributed by atoms with van der Waals surface area (Å²) in [4.78, 5) is 13.1. The van der Waals surface area contributed by atoms with Crippen LogP contribution >= 0.6 is 22.9 Å². The van der Waals surface area contributed by atoms with E-state index in [1.165, 1.54) is 11.3 Å². The molecule has 1 aromatic heterocycles. The summed E-state index contributed by atoms with van der Waals surface area (Å²) in [7, 11) is 0. The number of nitrogens with one attached hydrogen (secondary N) is 2. The second kappa shape index (κ2) is 5.73. The van der Waals surface area contributed by atoms with Gasteiger partial charge in [0.15, 0.2) is 6.10 Å². The molecule has 0 spiro atoms. The summed E-state index contributed by atoms with van der Waals surface area (Å²) < 4.78 is 6.41. The van der Waals surface area contributed by atoms with Crippen molar-refractivity contribution in [2.24, 2.45) is 0 Å². The molecule has 0 saturated heterocycles. The SMILES string of the molecule is O=C(NCc1ccc(Cl)s1)C1CNc2ccccc2O1. The van der Waals surface area contributed by atoms with Crippen LogP contribution in [-0.2, 0) is 11.3 Å². The quantitative estimate of drug-likeness (QED) is 0.916. The van der Waals surface area contributed by atoms with Gasteiger partial charge in [0.05, 0.1) is 23.1 Å². The molecule has 6 heteroatoms. The molecule has 1 aliphatic heterocycles. The summed E-state index contributed by atoms with van der Waals surface area (Å²) >= 11 is 7.31. The molecule has 0 aliphatic carbocycles. The van der Waals surface area contributed by atoms with E-state index in [4.69, 9.17) is 16.3 Å². The smallest absolute Gasteiger partial charge is 0.263 e. The van der Waals surface area contributed by atoms with E-state index < -0.39 is 6.10 Å². The van der Waals surface area contributed by atoms with Crippen LogP contribution < -0.4 is 15.4 Å². The van der Waals surface area contributed by atoms with E-state index >= 15 is 0 Å². The van der Waals surface area contributed by atoms with Crippen molar-refractivity contribution in [3.05, 3.63) is 45.6 Å². The van der Waals surface area contributed by atoms with Gasteiger partial charge in [-0.05, 0) is 24.3 Å². The van der Waals surface area contributed by atoms with Gasteiger partial charge in [-0.3, -0.25) is 4.79 Å².